The average molecular weight is 417 g/mol. The molecule has 0 bridgehead atoms. The van der Waals surface area contributed by atoms with Crippen molar-refractivity contribution in [2.75, 3.05) is 31.1 Å². The van der Waals surface area contributed by atoms with Crippen LogP contribution in [0, 0.1) is 0 Å². The van der Waals surface area contributed by atoms with Crippen LogP contribution in [0.1, 0.15) is 26.3 Å². The van der Waals surface area contributed by atoms with Crippen molar-refractivity contribution in [3.05, 3.63) is 59.2 Å². The number of anilines is 1. The lowest BCUT2D eigenvalue weighted by atomic mass is 10.1. The van der Waals surface area contributed by atoms with E-state index in [4.69, 9.17) is 5.73 Å². The van der Waals surface area contributed by atoms with Gasteiger partial charge in [0, 0.05) is 31.7 Å². The molecule has 0 aliphatic carbocycles. The molecule has 0 atom stereocenters. The number of halogens is 3. The number of rotatable bonds is 3. The van der Waals surface area contributed by atoms with Gasteiger partial charge in [-0.2, -0.15) is 13.2 Å². The Hall–Kier alpha value is -3.56. The molecule has 2 amide bonds. The Bertz CT molecular complexity index is 1120. The van der Waals surface area contributed by atoms with Gasteiger partial charge in [0.25, 0.3) is 5.91 Å². The third kappa shape index (κ3) is 3.68. The number of nitrogens with zero attached hydrogens (tertiary/aromatic N) is 3. The highest BCUT2D eigenvalue weighted by Crippen LogP contribution is 2.32. The van der Waals surface area contributed by atoms with Crippen molar-refractivity contribution in [3.63, 3.8) is 0 Å². The SMILES string of the molecule is NC(=O)c1ccc2nc(N3CCN(C(=O)c4ccccc4C(F)(F)F)CC3)[nH]c2c1. The van der Waals surface area contributed by atoms with Crippen molar-refractivity contribution in [1.29, 1.82) is 0 Å². The number of carbonyl (C=O) groups is 2. The van der Waals surface area contributed by atoms with Gasteiger partial charge in [-0.1, -0.05) is 12.1 Å². The summed E-state index contributed by atoms with van der Waals surface area (Å²) in [6.07, 6.45) is -4.59. The monoisotopic (exact) mass is 417 g/mol. The second kappa shape index (κ2) is 7.36. The summed E-state index contributed by atoms with van der Waals surface area (Å²) < 4.78 is 39.7. The molecule has 3 N–H and O–H groups in total. The Morgan fingerprint density at radius 1 is 1.03 bits per heavy atom. The van der Waals surface area contributed by atoms with Gasteiger partial charge in [0.15, 0.2) is 0 Å². The summed E-state index contributed by atoms with van der Waals surface area (Å²) in [6.45, 7) is 1.33. The van der Waals surface area contributed by atoms with Crippen molar-refractivity contribution < 1.29 is 22.8 Å². The van der Waals surface area contributed by atoms with E-state index in [0.717, 1.165) is 6.07 Å². The largest absolute Gasteiger partial charge is 0.417 e. The van der Waals surface area contributed by atoms with E-state index in [-0.39, 0.29) is 18.7 Å². The first-order valence-electron chi connectivity index (χ1n) is 9.24. The fourth-order valence-electron chi connectivity index (χ4n) is 3.51. The Morgan fingerprint density at radius 3 is 2.40 bits per heavy atom. The minimum atomic E-state index is -4.59. The van der Waals surface area contributed by atoms with Crippen molar-refractivity contribution in [1.82, 2.24) is 14.9 Å². The molecule has 7 nitrogen and oxygen atoms in total. The third-order valence-electron chi connectivity index (χ3n) is 5.08. The topological polar surface area (TPSA) is 95.3 Å². The number of benzene rings is 2. The van der Waals surface area contributed by atoms with Crippen LogP contribution in [-0.2, 0) is 6.18 Å². The zero-order chi connectivity index (χ0) is 21.5. The molecule has 2 heterocycles. The van der Waals surface area contributed by atoms with Crippen molar-refractivity contribution >= 4 is 28.8 Å². The normalized spacial score (nSPS) is 14.9. The Kier molecular flexibility index (Phi) is 4.84. The maximum atomic E-state index is 13.2. The molecule has 1 aliphatic rings. The molecular weight excluding hydrogens is 399 g/mol. The first kappa shape index (κ1) is 19.7. The second-order valence-corrected chi connectivity index (χ2v) is 6.98. The number of alkyl halides is 3. The van der Waals surface area contributed by atoms with E-state index in [1.165, 1.54) is 23.1 Å². The van der Waals surface area contributed by atoms with Gasteiger partial charge < -0.3 is 20.5 Å². The van der Waals surface area contributed by atoms with Gasteiger partial charge in [0.1, 0.15) is 0 Å². The average Bonchev–Trinajstić information content (AvgIpc) is 3.16. The molecule has 30 heavy (non-hydrogen) atoms. The van der Waals surface area contributed by atoms with E-state index >= 15 is 0 Å². The van der Waals surface area contributed by atoms with Crippen LogP contribution in [0.15, 0.2) is 42.5 Å². The summed E-state index contributed by atoms with van der Waals surface area (Å²) in [6, 6.07) is 9.69. The highest BCUT2D eigenvalue weighted by Gasteiger charge is 2.36. The molecule has 0 saturated carbocycles. The number of H-pyrrole nitrogens is 1. The van der Waals surface area contributed by atoms with Crippen LogP contribution in [0.5, 0.6) is 0 Å². The molecular formula is C20H18F3N5O2. The number of aromatic amines is 1. The van der Waals surface area contributed by atoms with Gasteiger partial charge in [-0.25, -0.2) is 4.98 Å². The molecule has 4 rings (SSSR count). The summed E-state index contributed by atoms with van der Waals surface area (Å²) in [7, 11) is 0. The number of hydrogen-bond acceptors (Lipinski definition) is 4. The fraction of sp³-hybridized carbons (Fsp3) is 0.250. The van der Waals surface area contributed by atoms with Gasteiger partial charge in [0.2, 0.25) is 11.9 Å². The van der Waals surface area contributed by atoms with Crippen LogP contribution >= 0.6 is 0 Å². The fourth-order valence-corrected chi connectivity index (χ4v) is 3.51. The van der Waals surface area contributed by atoms with Gasteiger partial charge in [-0.05, 0) is 30.3 Å². The highest BCUT2D eigenvalue weighted by molar-refractivity contribution is 5.97. The van der Waals surface area contributed by atoms with E-state index in [1.54, 1.807) is 18.2 Å². The van der Waals surface area contributed by atoms with Crippen LogP contribution in [0.4, 0.5) is 19.1 Å². The van der Waals surface area contributed by atoms with Crippen LogP contribution in [0.2, 0.25) is 0 Å². The molecule has 1 fully saturated rings. The van der Waals surface area contributed by atoms with E-state index in [0.29, 0.717) is 35.6 Å². The Morgan fingerprint density at radius 2 is 1.73 bits per heavy atom. The second-order valence-electron chi connectivity index (χ2n) is 6.98. The number of nitrogens with two attached hydrogens (primary N) is 1. The molecule has 0 spiro atoms. The highest BCUT2D eigenvalue weighted by atomic mass is 19.4. The predicted octanol–water partition coefficient (Wildman–Crippen LogP) is 2.64. The third-order valence-corrected chi connectivity index (χ3v) is 5.08. The van der Waals surface area contributed by atoms with E-state index < -0.39 is 23.6 Å². The number of primary amides is 1. The lowest BCUT2D eigenvalue weighted by Crippen LogP contribution is -2.49. The molecule has 3 aromatic rings. The smallest absolute Gasteiger partial charge is 0.366 e. The molecule has 1 saturated heterocycles. The maximum absolute atomic E-state index is 13.2. The van der Waals surface area contributed by atoms with Crippen molar-refractivity contribution in [2.24, 2.45) is 5.73 Å². The quantitative estimate of drug-likeness (QED) is 0.685. The summed E-state index contributed by atoms with van der Waals surface area (Å²) in [4.78, 5) is 34.9. The molecule has 0 radical (unpaired) electrons. The minimum Gasteiger partial charge on any atom is -0.366 e. The number of fused-ring (bicyclic) bond motifs is 1. The number of piperazine rings is 1. The van der Waals surface area contributed by atoms with Crippen LogP contribution < -0.4 is 10.6 Å². The first-order chi connectivity index (χ1) is 14.2. The van der Waals surface area contributed by atoms with Crippen molar-refractivity contribution in [2.45, 2.75) is 6.18 Å². The first-order valence-corrected chi connectivity index (χ1v) is 9.24. The maximum Gasteiger partial charge on any atom is 0.417 e. The van der Waals surface area contributed by atoms with Gasteiger partial charge in [-0.15, -0.1) is 0 Å². The predicted molar refractivity (Wildman–Crippen MR) is 104 cm³/mol. The zero-order valence-corrected chi connectivity index (χ0v) is 15.7. The van der Waals surface area contributed by atoms with Gasteiger partial charge >= 0.3 is 6.18 Å². The Balaban J connectivity index is 1.49. The summed E-state index contributed by atoms with van der Waals surface area (Å²) in [5.74, 6) is -0.619. The van der Waals surface area contributed by atoms with Crippen LogP contribution in [0.25, 0.3) is 11.0 Å². The lowest BCUT2D eigenvalue weighted by molar-refractivity contribution is -0.138. The van der Waals surface area contributed by atoms with Gasteiger partial charge in [0.05, 0.1) is 22.2 Å². The molecule has 10 heteroatoms. The zero-order valence-electron chi connectivity index (χ0n) is 15.7. The number of aromatic nitrogens is 2. The molecule has 0 unspecified atom stereocenters. The summed E-state index contributed by atoms with van der Waals surface area (Å²) in [5, 5.41) is 0. The summed E-state index contributed by atoms with van der Waals surface area (Å²) >= 11 is 0. The lowest BCUT2D eigenvalue weighted by Gasteiger charge is -2.35. The molecule has 1 aromatic heterocycles. The molecule has 1 aliphatic heterocycles. The number of carbonyl (C=O) groups excluding carboxylic acids is 2. The summed E-state index contributed by atoms with van der Waals surface area (Å²) in [5.41, 5.74) is 5.68. The Labute approximate surface area is 169 Å². The minimum absolute atomic E-state index is 0.259. The van der Waals surface area contributed by atoms with E-state index in [1.807, 2.05) is 4.90 Å². The van der Waals surface area contributed by atoms with Gasteiger partial charge in [-0.3, -0.25) is 9.59 Å². The number of imidazole rings is 1. The van der Waals surface area contributed by atoms with Crippen LogP contribution in [-0.4, -0.2) is 52.9 Å². The van der Waals surface area contributed by atoms with Crippen LogP contribution in [0.3, 0.4) is 0 Å². The molecule has 2 aromatic carbocycles. The van der Waals surface area contributed by atoms with E-state index in [2.05, 4.69) is 9.97 Å². The number of nitrogens with one attached hydrogen (secondary N) is 1. The standard InChI is InChI=1S/C20H18F3N5O2/c21-20(22,23)14-4-2-1-3-13(14)18(30)27-7-9-28(10-8-27)19-25-15-6-5-12(17(24)29)11-16(15)26-19/h1-6,11H,7-10H2,(H2,24,29)(H,25,26). The number of amides is 2. The van der Waals surface area contributed by atoms with E-state index in [9.17, 15) is 22.8 Å². The number of hydrogen-bond donors (Lipinski definition) is 2. The van der Waals surface area contributed by atoms with Crippen molar-refractivity contribution in [3.8, 4) is 0 Å². The molecule has 156 valence electrons.